The number of amides is 2. The molecule has 0 saturated heterocycles. The largest absolute Gasteiger partial charge is 0.486 e. The Bertz CT molecular complexity index is 874. The van der Waals surface area contributed by atoms with Gasteiger partial charge in [0.15, 0.2) is 23.0 Å². The van der Waals surface area contributed by atoms with E-state index >= 15 is 0 Å². The number of carbonyl (C=O) groups is 2. The van der Waals surface area contributed by atoms with Gasteiger partial charge < -0.3 is 20.1 Å². The quantitative estimate of drug-likeness (QED) is 0.794. The average Bonchev–Trinajstić information content (AvgIpc) is 2.67. The molecule has 2 N–H and O–H groups in total. The van der Waals surface area contributed by atoms with E-state index in [9.17, 15) is 14.0 Å². The number of ether oxygens (including phenoxy) is 2. The van der Waals surface area contributed by atoms with Gasteiger partial charge in [0.25, 0.3) is 11.8 Å². The third-order valence-electron chi connectivity index (χ3n) is 4.24. The van der Waals surface area contributed by atoms with Gasteiger partial charge in [0.05, 0.1) is 0 Å². The molecule has 2 atom stereocenters. The van der Waals surface area contributed by atoms with Crippen LogP contribution in [-0.2, 0) is 0 Å². The van der Waals surface area contributed by atoms with Gasteiger partial charge in [0.2, 0.25) is 0 Å². The highest BCUT2D eigenvalue weighted by atomic mass is 19.1. The fraction of sp³-hybridized carbons (Fsp3) is 0.350. The number of fused-ring (bicyclic) bond motifs is 1. The molecule has 8 heteroatoms. The zero-order chi connectivity index (χ0) is 20.1. The van der Waals surface area contributed by atoms with Crippen molar-refractivity contribution in [2.24, 2.45) is 0 Å². The first-order valence-corrected chi connectivity index (χ1v) is 9.06. The van der Waals surface area contributed by atoms with Crippen LogP contribution in [0.25, 0.3) is 0 Å². The summed E-state index contributed by atoms with van der Waals surface area (Å²) < 4.78 is 24.6. The van der Waals surface area contributed by atoms with Crippen LogP contribution in [0, 0.1) is 5.82 Å². The van der Waals surface area contributed by atoms with Crippen LogP contribution in [0.1, 0.15) is 41.1 Å². The molecule has 1 aromatic carbocycles. The van der Waals surface area contributed by atoms with Crippen molar-refractivity contribution in [2.45, 2.75) is 32.4 Å². The number of benzene rings is 1. The van der Waals surface area contributed by atoms with Gasteiger partial charge in [-0.15, -0.1) is 0 Å². The molecule has 3 rings (SSSR count). The van der Waals surface area contributed by atoms with Crippen molar-refractivity contribution < 1.29 is 23.5 Å². The van der Waals surface area contributed by atoms with Gasteiger partial charge in [-0.25, -0.2) is 9.37 Å². The molecule has 2 heterocycles. The van der Waals surface area contributed by atoms with Crippen LogP contribution in [0.2, 0.25) is 0 Å². The Hall–Kier alpha value is -3.16. The number of nitrogens with zero attached hydrogens (tertiary/aromatic N) is 1. The second kappa shape index (κ2) is 8.69. The average molecular weight is 387 g/mol. The SMILES string of the molecule is CC(CC(C)NC(=O)c1ncccc1F)NC(=O)c1ccc2c(c1)OCCO2. The molecular weight excluding hydrogens is 365 g/mol. The molecule has 2 amide bonds. The van der Waals surface area contributed by atoms with Gasteiger partial charge in [0, 0.05) is 23.8 Å². The molecule has 1 aliphatic rings. The lowest BCUT2D eigenvalue weighted by Gasteiger charge is -2.21. The molecule has 1 aliphatic heterocycles. The zero-order valence-electron chi connectivity index (χ0n) is 15.7. The predicted octanol–water partition coefficient (Wildman–Crippen LogP) is 2.32. The summed E-state index contributed by atoms with van der Waals surface area (Å²) >= 11 is 0. The summed E-state index contributed by atoms with van der Waals surface area (Å²) in [5, 5.41) is 5.57. The summed E-state index contributed by atoms with van der Waals surface area (Å²) in [7, 11) is 0. The molecule has 148 valence electrons. The second-order valence-electron chi connectivity index (χ2n) is 6.68. The number of hydrogen-bond acceptors (Lipinski definition) is 5. The molecule has 7 nitrogen and oxygen atoms in total. The molecule has 0 saturated carbocycles. The van der Waals surface area contributed by atoms with E-state index in [1.54, 1.807) is 25.1 Å². The molecule has 1 aromatic heterocycles. The Morgan fingerprint density at radius 2 is 1.75 bits per heavy atom. The molecule has 28 heavy (non-hydrogen) atoms. The number of rotatable bonds is 6. The monoisotopic (exact) mass is 387 g/mol. The Labute approximate surface area is 162 Å². The summed E-state index contributed by atoms with van der Waals surface area (Å²) in [5.41, 5.74) is 0.214. The van der Waals surface area contributed by atoms with Crippen LogP contribution in [0.15, 0.2) is 36.5 Å². The van der Waals surface area contributed by atoms with Gasteiger partial charge in [0.1, 0.15) is 13.2 Å². The summed E-state index contributed by atoms with van der Waals surface area (Å²) in [5.74, 6) is -0.347. The predicted molar refractivity (Wildman–Crippen MR) is 100 cm³/mol. The standard InChI is InChI=1S/C20H22FN3O4/c1-12(10-13(2)24-20(26)18-15(21)4-3-7-22-18)23-19(25)14-5-6-16-17(11-14)28-9-8-27-16/h3-7,11-13H,8-10H2,1-2H3,(H,23,25)(H,24,26). The smallest absolute Gasteiger partial charge is 0.273 e. The van der Waals surface area contributed by atoms with E-state index in [1.165, 1.54) is 18.3 Å². The van der Waals surface area contributed by atoms with Crippen LogP contribution < -0.4 is 20.1 Å². The summed E-state index contributed by atoms with van der Waals surface area (Å²) in [6.07, 6.45) is 1.83. The first kappa shape index (κ1) is 19.6. The summed E-state index contributed by atoms with van der Waals surface area (Å²) in [4.78, 5) is 28.3. The molecule has 2 aromatic rings. The van der Waals surface area contributed by atoms with E-state index in [4.69, 9.17) is 9.47 Å². The van der Waals surface area contributed by atoms with Crippen molar-refractivity contribution in [2.75, 3.05) is 13.2 Å². The molecule has 0 bridgehead atoms. The van der Waals surface area contributed by atoms with E-state index in [0.29, 0.717) is 36.7 Å². The van der Waals surface area contributed by atoms with E-state index in [2.05, 4.69) is 15.6 Å². The minimum Gasteiger partial charge on any atom is -0.486 e. The third-order valence-corrected chi connectivity index (χ3v) is 4.24. The fourth-order valence-corrected chi connectivity index (χ4v) is 2.98. The normalized spacial score (nSPS) is 14.7. The highest BCUT2D eigenvalue weighted by Gasteiger charge is 2.19. The number of pyridine rings is 1. The third kappa shape index (κ3) is 4.76. The zero-order valence-corrected chi connectivity index (χ0v) is 15.7. The lowest BCUT2D eigenvalue weighted by atomic mass is 10.1. The molecule has 0 radical (unpaired) electrons. The maximum absolute atomic E-state index is 13.6. The minimum absolute atomic E-state index is 0.218. The number of halogens is 1. The highest BCUT2D eigenvalue weighted by molar-refractivity contribution is 5.95. The van der Waals surface area contributed by atoms with Crippen LogP contribution in [-0.4, -0.2) is 42.1 Å². The lowest BCUT2D eigenvalue weighted by Crippen LogP contribution is -2.40. The maximum atomic E-state index is 13.6. The second-order valence-corrected chi connectivity index (χ2v) is 6.68. The topological polar surface area (TPSA) is 89.6 Å². The Balaban J connectivity index is 1.53. The number of aromatic nitrogens is 1. The van der Waals surface area contributed by atoms with Gasteiger partial charge in [-0.05, 0) is 50.6 Å². The van der Waals surface area contributed by atoms with Gasteiger partial charge >= 0.3 is 0 Å². The number of nitrogens with one attached hydrogen (secondary N) is 2. The van der Waals surface area contributed by atoms with E-state index in [1.807, 2.05) is 6.92 Å². The van der Waals surface area contributed by atoms with E-state index in [-0.39, 0.29) is 23.7 Å². The Morgan fingerprint density at radius 3 is 2.46 bits per heavy atom. The summed E-state index contributed by atoms with van der Waals surface area (Å²) in [6, 6.07) is 7.12. The first-order valence-electron chi connectivity index (χ1n) is 9.06. The lowest BCUT2D eigenvalue weighted by molar-refractivity contribution is 0.0921. The minimum atomic E-state index is -0.674. The van der Waals surface area contributed by atoms with Crippen molar-refractivity contribution in [3.8, 4) is 11.5 Å². The molecule has 0 spiro atoms. The van der Waals surface area contributed by atoms with E-state index < -0.39 is 11.7 Å². The maximum Gasteiger partial charge on any atom is 0.273 e. The molecule has 0 aliphatic carbocycles. The van der Waals surface area contributed by atoms with Crippen molar-refractivity contribution in [1.29, 1.82) is 0 Å². The van der Waals surface area contributed by atoms with Crippen LogP contribution in [0.5, 0.6) is 11.5 Å². The van der Waals surface area contributed by atoms with Crippen molar-refractivity contribution >= 4 is 11.8 Å². The van der Waals surface area contributed by atoms with Crippen LogP contribution in [0.4, 0.5) is 4.39 Å². The van der Waals surface area contributed by atoms with Gasteiger partial charge in [-0.2, -0.15) is 0 Å². The van der Waals surface area contributed by atoms with Crippen LogP contribution in [0.3, 0.4) is 0 Å². The number of carbonyl (C=O) groups excluding carboxylic acids is 2. The van der Waals surface area contributed by atoms with Crippen molar-refractivity contribution in [3.63, 3.8) is 0 Å². The van der Waals surface area contributed by atoms with Crippen LogP contribution >= 0.6 is 0 Å². The Morgan fingerprint density at radius 1 is 1.07 bits per heavy atom. The van der Waals surface area contributed by atoms with Crippen molar-refractivity contribution in [3.05, 3.63) is 53.6 Å². The van der Waals surface area contributed by atoms with Crippen molar-refractivity contribution in [1.82, 2.24) is 15.6 Å². The summed E-state index contributed by atoms with van der Waals surface area (Å²) in [6.45, 7) is 4.55. The Kier molecular flexibility index (Phi) is 6.08. The molecule has 2 unspecified atom stereocenters. The van der Waals surface area contributed by atoms with Gasteiger partial charge in [-0.3, -0.25) is 9.59 Å². The fourth-order valence-electron chi connectivity index (χ4n) is 2.98. The first-order chi connectivity index (χ1) is 13.4. The van der Waals surface area contributed by atoms with Gasteiger partial charge in [-0.1, -0.05) is 0 Å². The molecular formula is C20H22FN3O4. The number of hydrogen-bond donors (Lipinski definition) is 2. The molecule has 0 fully saturated rings. The highest BCUT2D eigenvalue weighted by Crippen LogP contribution is 2.30. The van der Waals surface area contributed by atoms with E-state index in [0.717, 1.165) is 0 Å².